The molecule has 1 aromatic heterocycles. The Morgan fingerprint density at radius 1 is 1.44 bits per heavy atom. The van der Waals surface area contributed by atoms with Crippen LogP contribution in [0.5, 0.6) is 0 Å². The number of nitrogen functional groups attached to an aromatic ring is 1. The van der Waals surface area contributed by atoms with Crippen LogP contribution < -0.4 is 5.73 Å². The van der Waals surface area contributed by atoms with Crippen LogP contribution in [-0.2, 0) is 6.54 Å². The van der Waals surface area contributed by atoms with E-state index in [1.54, 1.807) is 0 Å². The molecule has 1 fully saturated rings. The molecule has 18 heavy (non-hydrogen) atoms. The van der Waals surface area contributed by atoms with E-state index < -0.39 is 0 Å². The number of aromatic nitrogens is 2. The number of benzene rings is 1. The van der Waals surface area contributed by atoms with Crippen molar-refractivity contribution in [2.45, 2.75) is 32.7 Å². The quantitative estimate of drug-likeness (QED) is 0.836. The van der Waals surface area contributed by atoms with Gasteiger partial charge in [0.2, 0.25) is 5.95 Å². The Morgan fingerprint density at radius 3 is 3.00 bits per heavy atom. The van der Waals surface area contributed by atoms with Crippen molar-refractivity contribution in [2.75, 3.05) is 5.73 Å². The third kappa shape index (κ3) is 2.22. The molecule has 0 spiro atoms. The van der Waals surface area contributed by atoms with Crippen molar-refractivity contribution in [1.29, 1.82) is 0 Å². The van der Waals surface area contributed by atoms with Crippen LogP contribution in [0.3, 0.4) is 0 Å². The van der Waals surface area contributed by atoms with E-state index in [1.807, 2.05) is 0 Å². The number of imidazole rings is 1. The van der Waals surface area contributed by atoms with Crippen molar-refractivity contribution in [1.82, 2.24) is 9.55 Å². The van der Waals surface area contributed by atoms with Crippen LogP contribution in [0.15, 0.2) is 18.2 Å². The highest BCUT2D eigenvalue weighted by Crippen LogP contribution is 2.33. The molecular formula is C14H18IN3. The van der Waals surface area contributed by atoms with Gasteiger partial charge in [-0.05, 0) is 65.5 Å². The zero-order valence-electron chi connectivity index (χ0n) is 10.6. The predicted octanol–water partition coefficient (Wildman–Crippen LogP) is 3.66. The summed E-state index contributed by atoms with van der Waals surface area (Å²) in [6.45, 7) is 3.37. The van der Waals surface area contributed by atoms with E-state index in [4.69, 9.17) is 5.73 Å². The zero-order valence-corrected chi connectivity index (χ0v) is 12.7. The normalized spacial score (nSPS) is 23.9. The molecule has 0 saturated heterocycles. The topological polar surface area (TPSA) is 43.8 Å². The highest BCUT2D eigenvalue weighted by atomic mass is 127. The summed E-state index contributed by atoms with van der Waals surface area (Å²) in [5.74, 6) is 2.29. The first-order chi connectivity index (χ1) is 8.63. The maximum Gasteiger partial charge on any atom is 0.201 e. The number of fused-ring (bicyclic) bond motifs is 1. The molecule has 1 saturated carbocycles. The lowest BCUT2D eigenvalue weighted by atomic mass is 10.1. The van der Waals surface area contributed by atoms with E-state index in [-0.39, 0.29) is 0 Å². The number of hydrogen-bond acceptors (Lipinski definition) is 2. The summed E-state index contributed by atoms with van der Waals surface area (Å²) in [6.07, 6.45) is 4.00. The van der Waals surface area contributed by atoms with Crippen LogP contribution in [0, 0.1) is 15.4 Å². The molecule has 2 atom stereocenters. The summed E-state index contributed by atoms with van der Waals surface area (Å²) in [4.78, 5) is 4.47. The number of nitrogens with two attached hydrogens (primary N) is 1. The maximum absolute atomic E-state index is 6.07. The van der Waals surface area contributed by atoms with Gasteiger partial charge in [-0.2, -0.15) is 0 Å². The van der Waals surface area contributed by atoms with Gasteiger partial charge in [0.1, 0.15) is 0 Å². The summed E-state index contributed by atoms with van der Waals surface area (Å²) >= 11 is 2.31. The van der Waals surface area contributed by atoms with Crippen molar-refractivity contribution in [3.8, 4) is 0 Å². The minimum Gasteiger partial charge on any atom is -0.369 e. The van der Waals surface area contributed by atoms with Crippen molar-refractivity contribution in [3.63, 3.8) is 0 Å². The molecule has 2 unspecified atom stereocenters. The Kier molecular flexibility index (Phi) is 3.21. The van der Waals surface area contributed by atoms with Gasteiger partial charge in [0.15, 0.2) is 0 Å². The van der Waals surface area contributed by atoms with E-state index in [0.29, 0.717) is 5.95 Å². The molecule has 2 aromatic rings. The second-order valence-electron chi connectivity index (χ2n) is 5.50. The maximum atomic E-state index is 6.07. The van der Waals surface area contributed by atoms with Crippen molar-refractivity contribution in [3.05, 3.63) is 21.8 Å². The molecule has 96 valence electrons. The van der Waals surface area contributed by atoms with Crippen LogP contribution >= 0.6 is 22.6 Å². The molecule has 1 aromatic carbocycles. The largest absolute Gasteiger partial charge is 0.369 e. The van der Waals surface area contributed by atoms with Gasteiger partial charge in [0.05, 0.1) is 11.0 Å². The third-order valence-electron chi connectivity index (χ3n) is 3.98. The van der Waals surface area contributed by atoms with Crippen molar-refractivity contribution < 1.29 is 0 Å². The predicted molar refractivity (Wildman–Crippen MR) is 83.4 cm³/mol. The number of rotatable bonds is 2. The zero-order chi connectivity index (χ0) is 12.7. The Balaban J connectivity index is 1.93. The smallest absolute Gasteiger partial charge is 0.201 e. The molecule has 0 radical (unpaired) electrons. The molecular weight excluding hydrogens is 337 g/mol. The van der Waals surface area contributed by atoms with Crippen LogP contribution in [0.4, 0.5) is 5.95 Å². The van der Waals surface area contributed by atoms with Gasteiger partial charge in [-0.3, -0.25) is 0 Å². The number of halogens is 1. The lowest BCUT2D eigenvalue weighted by Crippen LogP contribution is -2.10. The number of anilines is 1. The number of hydrogen-bond donors (Lipinski definition) is 1. The van der Waals surface area contributed by atoms with Crippen molar-refractivity contribution >= 4 is 39.6 Å². The Hall–Kier alpha value is -0.780. The standard InChI is InChI=1S/C14H18IN3/c1-9-2-3-10(6-9)8-18-13-5-4-11(15)7-12(13)17-14(18)16/h4-5,7,9-10H,2-3,6,8H2,1H3,(H2,16,17). The fraction of sp³-hybridized carbons (Fsp3) is 0.500. The molecule has 3 nitrogen and oxygen atoms in total. The van der Waals surface area contributed by atoms with Gasteiger partial charge in [0.25, 0.3) is 0 Å². The fourth-order valence-electron chi connectivity index (χ4n) is 3.06. The van der Waals surface area contributed by atoms with Crippen LogP contribution in [-0.4, -0.2) is 9.55 Å². The highest BCUT2D eigenvalue weighted by molar-refractivity contribution is 14.1. The number of nitrogens with zero attached hydrogens (tertiary/aromatic N) is 2. The lowest BCUT2D eigenvalue weighted by Gasteiger charge is -2.12. The summed E-state index contributed by atoms with van der Waals surface area (Å²) in [5, 5.41) is 0. The SMILES string of the molecule is CC1CCC(Cn2c(N)nc3cc(I)ccc32)C1. The summed E-state index contributed by atoms with van der Waals surface area (Å²) < 4.78 is 3.40. The molecule has 4 heteroatoms. The molecule has 1 heterocycles. The van der Waals surface area contributed by atoms with Gasteiger partial charge in [-0.25, -0.2) is 4.98 Å². The van der Waals surface area contributed by atoms with Crippen LogP contribution in [0.25, 0.3) is 11.0 Å². The molecule has 1 aliphatic carbocycles. The second-order valence-corrected chi connectivity index (χ2v) is 6.74. The lowest BCUT2D eigenvalue weighted by molar-refractivity contribution is 0.450. The van der Waals surface area contributed by atoms with Gasteiger partial charge in [0, 0.05) is 10.1 Å². The minimum absolute atomic E-state index is 0.659. The summed E-state index contributed by atoms with van der Waals surface area (Å²) in [6, 6.07) is 6.36. The first-order valence-corrected chi connectivity index (χ1v) is 7.62. The molecule has 0 bridgehead atoms. The monoisotopic (exact) mass is 355 g/mol. The molecule has 1 aliphatic rings. The Bertz CT molecular complexity index is 576. The Morgan fingerprint density at radius 2 is 2.28 bits per heavy atom. The van der Waals surface area contributed by atoms with E-state index in [1.165, 1.54) is 28.3 Å². The van der Waals surface area contributed by atoms with E-state index in [2.05, 4.69) is 57.3 Å². The summed E-state index contributed by atoms with van der Waals surface area (Å²) in [7, 11) is 0. The molecule has 3 rings (SSSR count). The molecule has 0 aliphatic heterocycles. The molecule has 0 amide bonds. The van der Waals surface area contributed by atoms with E-state index >= 15 is 0 Å². The van der Waals surface area contributed by atoms with E-state index in [0.717, 1.165) is 23.9 Å². The first kappa shape index (κ1) is 12.3. The van der Waals surface area contributed by atoms with Gasteiger partial charge < -0.3 is 10.3 Å². The Labute approximate surface area is 121 Å². The highest BCUT2D eigenvalue weighted by Gasteiger charge is 2.23. The van der Waals surface area contributed by atoms with E-state index in [9.17, 15) is 0 Å². The second kappa shape index (κ2) is 4.72. The van der Waals surface area contributed by atoms with Gasteiger partial charge in [-0.15, -0.1) is 0 Å². The summed E-state index contributed by atoms with van der Waals surface area (Å²) in [5.41, 5.74) is 8.26. The van der Waals surface area contributed by atoms with Crippen LogP contribution in [0.2, 0.25) is 0 Å². The van der Waals surface area contributed by atoms with Gasteiger partial charge in [-0.1, -0.05) is 13.3 Å². The molecule has 2 N–H and O–H groups in total. The first-order valence-electron chi connectivity index (χ1n) is 6.54. The van der Waals surface area contributed by atoms with Crippen molar-refractivity contribution in [2.24, 2.45) is 11.8 Å². The third-order valence-corrected chi connectivity index (χ3v) is 4.65. The minimum atomic E-state index is 0.659. The average Bonchev–Trinajstić information content (AvgIpc) is 2.84. The van der Waals surface area contributed by atoms with Crippen LogP contribution in [0.1, 0.15) is 26.2 Å². The average molecular weight is 355 g/mol. The fourth-order valence-corrected chi connectivity index (χ4v) is 3.54. The van der Waals surface area contributed by atoms with Gasteiger partial charge >= 0.3 is 0 Å².